The molecule has 0 bridgehead atoms. The van der Waals surface area contributed by atoms with Gasteiger partial charge in [-0.3, -0.25) is 4.99 Å². The van der Waals surface area contributed by atoms with Crippen molar-refractivity contribution in [3.63, 3.8) is 0 Å². The molecular formula is C17H38IN5. The van der Waals surface area contributed by atoms with E-state index in [1.54, 1.807) is 0 Å². The molecule has 1 fully saturated rings. The van der Waals surface area contributed by atoms with Crippen LogP contribution >= 0.6 is 24.0 Å². The highest BCUT2D eigenvalue weighted by Crippen LogP contribution is 2.02. The second-order valence-electron chi connectivity index (χ2n) is 6.72. The van der Waals surface area contributed by atoms with Gasteiger partial charge in [0, 0.05) is 45.8 Å². The Kier molecular flexibility index (Phi) is 14.2. The van der Waals surface area contributed by atoms with Crippen LogP contribution in [0.5, 0.6) is 0 Å². The fourth-order valence-corrected chi connectivity index (χ4v) is 2.53. The Labute approximate surface area is 160 Å². The van der Waals surface area contributed by atoms with Crippen LogP contribution in [0.25, 0.3) is 0 Å². The first-order valence-electron chi connectivity index (χ1n) is 9.05. The highest BCUT2D eigenvalue weighted by molar-refractivity contribution is 14.0. The zero-order valence-electron chi connectivity index (χ0n) is 15.6. The summed E-state index contributed by atoms with van der Waals surface area (Å²) in [4.78, 5) is 9.66. The molecule has 1 aliphatic heterocycles. The molecule has 0 radical (unpaired) electrons. The van der Waals surface area contributed by atoms with Crippen LogP contribution in [0.4, 0.5) is 0 Å². The molecular weight excluding hydrogens is 401 g/mol. The van der Waals surface area contributed by atoms with Gasteiger partial charge in [-0.2, -0.15) is 0 Å². The molecule has 0 atom stereocenters. The molecule has 1 rings (SSSR count). The third-order valence-electron chi connectivity index (χ3n) is 4.11. The number of likely N-dealkylation sites (N-methyl/N-ethyl adjacent to an activating group) is 1. The Morgan fingerprint density at radius 3 is 2.39 bits per heavy atom. The van der Waals surface area contributed by atoms with E-state index in [1.807, 2.05) is 0 Å². The fraction of sp³-hybridized carbons (Fsp3) is 0.941. The second-order valence-corrected chi connectivity index (χ2v) is 6.72. The van der Waals surface area contributed by atoms with Crippen LogP contribution in [0.2, 0.25) is 0 Å². The highest BCUT2D eigenvalue weighted by atomic mass is 127. The zero-order valence-corrected chi connectivity index (χ0v) is 17.9. The lowest BCUT2D eigenvalue weighted by atomic mass is 10.1. The van der Waals surface area contributed by atoms with Gasteiger partial charge in [0.25, 0.3) is 0 Å². The quantitative estimate of drug-likeness (QED) is 0.250. The molecule has 0 aromatic heterocycles. The highest BCUT2D eigenvalue weighted by Gasteiger charge is 2.12. The fourth-order valence-electron chi connectivity index (χ4n) is 2.53. The summed E-state index contributed by atoms with van der Waals surface area (Å²) < 4.78 is 0. The lowest BCUT2D eigenvalue weighted by Gasteiger charge is -2.32. The lowest BCUT2D eigenvalue weighted by Crippen LogP contribution is -2.44. The van der Waals surface area contributed by atoms with E-state index in [9.17, 15) is 0 Å². The van der Waals surface area contributed by atoms with Crippen molar-refractivity contribution in [2.24, 2.45) is 10.9 Å². The topological polar surface area (TPSA) is 42.9 Å². The van der Waals surface area contributed by atoms with Gasteiger partial charge in [-0.25, -0.2) is 0 Å². The Morgan fingerprint density at radius 2 is 1.78 bits per heavy atom. The van der Waals surface area contributed by atoms with E-state index in [4.69, 9.17) is 0 Å². The number of nitrogens with one attached hydrogen (secondary N) is 2. The maximum Gasteiger partial charge on any atom is 0.191 e. The normalized spacial score (nSPS) is 17.2. The van der Waals surface area contributed by atoms with Crippen LogP contribution in [0, 0.1) is 5.92 Å². The summed E-state index contributed by atoms with van der Waals surface area (Å²) in [7, 11) is 2.21. The average molecular weight is 439 g/mol. The van der Waals surface area contributed by atoms with Gasteiger partial charge >= 0.3 is 0 Å². The molecule has 1 heterocycles. The molecule has 5 nitrogen and oxygen atoms in total. The maximum absolute atomic E-state index is 4.67. The van der Waals surface area contributed by atoms with Crippen LogP contribution in [0.1, 0.15) is 40.0 Å². The number of piperazine rings is 1. The Hall–Kier alpha value is -0.0800. The molecule has 6 heteroatoms. The third-order valence-corrected chi connectivity index (χ3v) is 4.11. The van der Waals surface area contributed by atoms with Crippen LogP contribution in [-0.4, -0.2) is 75.2 Å². The largest absolute Gasteiger partial charge is 0.357 e. The number of guanidine groups is 1. The first kappa shape index (κ1) is 22.9. The minimum Gasteiger partial charge on any atom is -0.357 e. The molecule has 0 aromatic rings. The van der Waals surface area contributed by atoms with Crippen LogP contribution < -0.4 is 10.6 Å². The van der Waals surface area contributed by atoms with Crippen molar-refractivity contribution < 1.29 is 0 Å². The van der Waals surface area contributed by atoms with Crippen molar-refractivity contribution in [2.75, 3.05) is 59.4 Å². The van der Waals surface area contributed by atoms with Gasteiger partial charge in [-0.15, -0.1) is 24.0 Å². The molecule has 0 amide bonds. The number of halogens is 1. The molecule has 0 aromatic carbocycles. The number of hydrogen-bond acceptors (Lipinski definition) is 3. The molecule has 1 saturated heterocycles. The van der Waals surface area contributed by atoms with E-state index in [2.05, 4.69) is 53.2 Å². The molecule has 0 saturated carbocycles. The van der Waals surface area contributed by atoms with E-state index in [1.165, 1.54) is 52.0 Å². The van der Waals surface area contributed by atoms with E-state index >= 15 is 0 Å². The van der Waals surface area contributed by atoms with Gasteiger partial charge < -0.3 is 20.4 Å². The summed E-state index contributed by atoms with van der Waals surface area (Å²) >= 11 is 0. The van der Waals surface area contributed by atoms with Crippen molar-refractivity contribution >= 4 is 29.9 Å². The zero-order chi connectivity index (χ0) is 16.2. The third kappa shape index (κ3) is 12.0. The van der Waals surface area contributed by atoms with Crippen LogP contribution in [0.3, 0.4) is 0 Å². The van der Waals surface area contributed by atoms with E-state index in [0.717, 1.165) is 31.5 Å². The summed E-state index contributed by atoms with van der Waals surface area (Å²) in [6.07, 6.45) is 3.61. The van der Waals surface area contributed by atoms with E-state index < -0.39 is 0 Å². The Bertz CT molecular complexity index is 301. The molecule has 0 spiro atoms. The second kappa shape index (κ2) is 14.3. The van der Waals surface area contributed by atoms with Crippen molar-refractivity contribution in [3.05, 3.63) is 0 Å². The number of nitrogens with zero attached hydrogens (tertiary/aromatic N) is 3. The van der Waals surface area contributed by atoms with Crippen LogP contribution in [-0.2, 0) is 0 Å². The standard InChI is InChI=1S/C17H37N5.HI/c1-5-18-17(20-10-8-16(2)3)19-9-6-7-11-22-14-12-21(4)13-15-22;/h16H,5-15H2,1-4H3,(H2,18,19,20);1H. The minimum absolute atomic E-state index is 0. The lowest BCUT2D eigenvalue weighted by molar-refractivity contribution is 0.152. The summed E-state index contributed by atoms with van der Waals surface area (Å²) in [5.74, 6) is 1.71. The number of hydrogen-bond donors (Lipinski definition) is 2. The SMILES string of the molecule is CCNC(=NCCCCN1CCN(C)CC1)NCCC(C)C.I. The molecule has 1 aliphatic rings. The summed E-state index contributed by atoms with van der Waals surface area (Å²) in [6.45, 7) is 15.6. The van der Waals surface area contributed by atoms with E-state index in [0.29, 0.717) is 0 Å². The van der Waals surface area contributed by atoms with Gasteiger partial charge in [-0.1, -0.05) is 13.8 Å². The smallest absolute Gasteiger partial charge is 0.191 e. The molecule has 2 N–H and O–H groups in total. The predicted molar refractivity (Wildman–Crippen MR) is 112 cm³/mol. The van der Waals surface area contributed by atoms with Crippen molar-refractivity contribution in [3.8, 4) is 0 Å². The Balaban J connectivity index is 0.00000484. The average Bonchev–Trinajstić information content (AvgIpc) is 2.48. The van der Waals surface area contributed by atoms with Crippen LogP contribution in [0.15, 0.2) is 4.99 Å². The number of rotatable bonds is 9. The van der Waals surface area contributed by atoms with Crippen molar-refractivity contribution in [1.82, 2.24) is 20.4 Å². The molecule has 138 valence electrons. The van der Waals surface area contributed by atoms with Crippen molar-refractivity contribution in [2.45, 2.75) is 40.0 Å². The first-order chi connectivity index (χ1) is 10.6. The van der Waals surface area contributed by atoms with Gasteiger partial charge in [0.15, 0.2) is 5.96 Å². The van der Waals surface area contributed by atoms with Gasteiger partial charge in [-0.05, 0) is 45.7 Å². The van der Waals surface area contributed by atoms with Gasteiger partial charge in [0.2, 0.25) is 0 Å². The van der Waals surface area contributed by atoms with E-state index in [-0.39, 0.29) is 24.0 Å². The summed E-state index contributed by atoms with van der Waals surface area (Å²) in [5.41, 5.74) is 0. The monoisotopic (exact) mass is 439 g/mol. The number of unbranched alkanes of at least 4 members (excludes halogenated alkanes) is 1. The minimum atomic E-state index is 0. The first-order valence-corrected chi connectivity index (χ1v) is 9.05. The predicted octanol–water partition coefficient (Wildman–Crippen LogP) is 2.23. The Morgan fingerprint density at radius 1 is 1.09 bits per heavy atom. The summed E-state index contributed by atoms with van der Waals surface area (Å²) in [5, 5.41) is 6.74. The molecule has 0 unspecified atom stereocenters. The van der Waals surface area contributed by atoms with Gasteiger partial charge in [0.1, 0.15) is 0 Å². The molecule has 23 heavy (non-hydrogen) atoms. The van der Waals surface area contributed by atoms with Gasteiger partial charge in [0.05, 0.1) is 0 Å². The van der Waals surface area contributed by atoms with Crippen molar-refractivity contribution in [1.29, 1.82) is 0 Å². The summed E-state index contributed by atoms with van der Waals surface area (Å²) in [6, 6.07) is 0. The molecule has 0 aliphatic carbocycles. The number of aliphatic imine (C=N–C) groups is 1. The maximum atomic E-state index is 4.67.